The van der Waals surface area contributed by atoms with Gasteiger partial charge in [0.25, 0.3) is 10.0 Å². The maximum Gasteiger partial charge on any atom is 0.264 e. The second-order valence-corrected chi connectivity index (χ2v) is 12.8. The molecule has 10 heteroatoms. The molecule has 0 heterocycles. The molecule has 0 aliphatic rings. The van der Waals surface area contributed by atoms with E-state index >= 15 is 0 Å². The fourth-order valence-corrected chi connectivity index (χ4v) is 6.62. The van der Waals surface area contributed by atoms with Crippen LogP contribution in [0, 0.1) is 0 Å². The third-order valence-electron chi connectivity index (χ3n) is 7.31. The fourth-order valence-electron chi connectivity index (χ4n) is 4.96. The number of hydrogen-bond donors (Lipinski definition) is 1. The summed E-state index contributed by atoms with van der Waals surface area (Å²) in [5, 5.41) is 3.47. The van der Waals surface area contributed by atoms with E-state index in [1.807, 2.05) is 43.3 Å². The minimum atomic E-state index is -4.23. The van der Waals surface area contributed by atoms with Gasteiger partial charge in [0.2, 0.25) is 11.8 Å². The molecule has 4 aromatic rings. The lowest BCUT2D eigenvalue weighted by molar-refractivity contribution is -0.140. The van der Waals surface area contributed by atoms with Crippen molar-refractivity contribution < 1.29 is 22.7 Å². The number of benzene rings is 4. The van der Waals surface area contributed by atoms with E-state index in [9.17, 15) is 18.0 Å². The zero-order chi connectivity index (χ0) is 32.2. The first-order valence-corrected chi connectivity index (χ1v) is 16.6. The van der Waals surface area contributed by atoms with Gasteiger partial charge in [-0.1, -0.05) is 97.7 Å². The SMILES string of the molecule is CCCCNC(=O)[C@@H](Cc1ccccc1)N(Cc1cccc(Cl)c1)C(=O)CN(c1ccccc1OC)S(=O)(=O)c1ccccc1. The molecule has 1 atom stereocenters. The Morgan fingerprint density at radius 1 is 0.867 bits per heavy atom. The van der Waals surface area contributed by atoms with Crippen molar-refractivity contribution in [2.45, 2.75) is 43.7 Å². The van der Waals surface area contributed by atoms with Gasteiger partial charge in [-0.25, -0.2) is 8.42 Å². The lowest BCUT2D eigenvalue weighted by Gasteiger charge is -2.34. The molecule has 0 aliphatic heterocycles. The van der Waals surface area contributed by atoms with E-state index in [1.165, 1.54) is 24.1 Å². The smallest absolute Gasteiger partial charge is 0.264 e. The van der Waals surface area contributed by atoms with E-state index in [0.717, 1.165) is 22.7 Å². The number of para-hydroxylation sites is 2. The molecule has 0 aliphatic carbocycles. The molecule has 0 saturated heterocycles. The van der Waals surface area contributed by atoms with Gasteiger partial charge in [0, 0.05) is 24.5 Å². The molecule has 0 saturated carbocycles. The zero-order valence-electron chi connectivity index (χ0n) is 25.4. The second-order valence-electron chi connectivity index (χ2n) is 10.5. The Labute approximate surface area is 270 Å². The highest BCUT2D eigenvalue weighted by molar-refractivity contribution is 7.92. The Balaban J connectivity index is 1.81. The molecule has 0 spiro atoms. The molecule has 2 amide bonds. The van der Waals surface area contributed by atoms with Crippen LogP contribution in [0.25, 0.3) is 0 Å². The summed E-state index contributed by atoms with van der Waals surface area (Å²) >= 11 is 6.31. The van der Waals surface area contributed by atoms with Crippen LogP contribution in [-0.2, 0) is 32.6 Å². The van der Waals surface area contributed by atoms with Crippen molar-refractivity contribution in [1.29, 1.82) is 0 Å². The summed E-state index contributed by atoms with van der Waals surface area (Å²) in [5.41, 5.74) is 1.76. The molecule has 0 bridgehead atoms. The lowest BCUT2D eigenvalue weighted by Crippen LogP contribution is -2.53. The van der Waals surface area contributed by atoms with Gasteiger partial charge in [-0.3, -0.25) is 13.9 Å². The number of methoxy groups -OCH3 is 1. The van der Waals surface area contributed by atoms with Gasteiger partial charge in [-0.05, 0) is 53.9 Å². The summed E-state index contributed by atoms with van der Waals surface area (Å²) in [6, 6.07) is 30.1. The van der Waals surface area contributed by atoms with Crippen LogP contribution in [0.15, 0.2) is 114 Å². The van der Waals surface area contributed by atoms with Crippen molar-refractivity contribution in [3.05, 3.63) is 125 Å². The molecule has 8 nitrogen and oxygen atoms in total. The summed E-state index contributed by atoms with van der Waals surface area (Å²) in [7, 11) is -2.79. The van der Waals surface area contributed by atoms with Gasteiger partial charge in [0.05, 0.1) is 17.7 Å². The highest BCUT2D eigenvalue weighted by atomic mass is 35.5. The van der Waals surface area contributed by atoms with E-state index in [2.05, 4.69) is 5.32 Å². The van der Waals surface area contributed by atoms with Gasteiger partial charge in [-0.2, -0.15) is 0 Å². The summed E-state index contributed by atoms with van der Waals surface area (Å²) in [6.07, 6.45) is 1.90. The number of amides is 2. The van der Waals surface area contributed by atoms with E-state index in [0.29, 0.717) is 17.1 Å². The largest absolute Gasteiger partial charge is 0.495 e. The number of nitrogens with zero attached hydrogens (tertiary/aromatic N) is 2. The first-order valence-electron chi connectivity index (χ1n) is 14.8. The van der Waals surface area contributed by atoms with E-state index in [-0.39, 0.29) is 35.2 Å². The predicted molar refractivity (Wildman–Crippen MR) is 178 cm³/mol. The molecule has 45 heavy (non-hydrogen) atoms. The van der Waals surface area contributed by atoms with Crippen molar-refractivity contribution in [2.75, 3.05) is 24.5 Å². The Bertz CT molecular complexity index is 1670. The topological polar surface area (TPSA) is 96.0 Å². The van der Waals surface area contributed by atoms with Crippen molar-refractivity contribution in [2.24, 2.45) is 0 Å². The summed E-state index contributed by atoms with van der Waals surface area (Å²) < 4.78 is 34.8. The summed E-state index contributed by atoms with van der Waals surface area (Å²) in [5.74, 6) is -0.603. The Kier molecular flexibility index (Phi) is 12.0. The summed E-state index contributed by atoms with van der Waals surface area (Å²) in [6.45, 7) is 1.94. The third kappa shape index (κ3) is 8.86. The fraction of sp³-hybridized carbons (Fsp3) is 0.257. The van der Waals surface area contributed by atoms with Crippen molar-refractivity contribution in [1.82, 2.24) is 10.2 Å². The number of hydrogen-bond acceptors (Lipinski definition) is 5. The van der Waals surface area contributed by atoms with E-state index in [4.69, 9.17) is 16.3 Å². The van der Waals surface area contributed by atoms with Crippen LogP contribution < -0.4 is 14.4 Å². The van der Waals surface area contributed by atoms with Gasteiger partial charge < -0.3 is 15.0 Å². The van der Waals surface area contributed by atoms with Crippen molar-refractivity contribution >= 4 is 39.1 Å². The number of carbonyl (C=O) groups excluding carboxylic acids is 2. The maximum absolute atomic E-state index is 14.5. The van der Waals surface area contributed by atoms with Crippen LogP contribution in [-0.4, -0.2) is 51.4 Å². The molecule has 0 radical (unpaired) electrons. The first kappa shape index (κ1) is 33.6. The monoisotopic (exact) mass is 647 g/mol. The molecule has 0 aromatic heterocycles. The minimum absolute atomic E-state index is 0.0169. The zero-order valence-corrected chi connectivity index (χ0v) is 27.0. The van der Waals surface area contributed by atoms with Gasteiger partial charge >= 0.3 is 0 Å². The van der Waals surface area contributed by atoms with Crippen LogP contribution in [0.3, 0.4) is 0 Å². The molecule has 4 rings (SSSR count). The van der Waals surface area contributed by atoms with Gasteiger partial charge in [0.1, 0.15) is 18.3 Å². The standard InChI is InChI=1S/C35H38ClN3O5S/c1-3-4-22-37-35(41)32(24-27-14-7-5-8-15-27)38(25-28-16-13-17-29(36)23-28)34(40)26-39(31-20-11-12-21-33(31)44-2)45(42,43)30-18-9-6-10-19-30/h5-21,23,32H,3-4,22,24-26H2,1-2H3,(H,37,41)/t32-/m1/s1. The predicted octanol–water partition coefficient (Wildman–Crippen LogP) is 6.10. The molecule has 0 unspecified atom stereocenters. The van der Waals surface area contributed by atoms with Crippen LogP contribution >= 0.6 is 11.6 Å². The summed E-state index contributed by atoms with van der Waals surface area (Å²) in [4.78, 5) is 29.8. The Hall–Kier alpha value is -4.34. The second kappa shape index (κ2) is 16.1. The molecule has 1 N–H and O–H groups in total. The third-order valence-corrected chi connectivity index (χ3v) is 9.32. The average Bonchev–Trinajstić information content (AvgIpc) is 3.06. The highest BCUT2D eigenvalue weighted by Crippen LogP contribution is 2.32. The van der Waals surface area contributed by atoms with Gasteiger partial charge in [-0.15, -0.1) is 0 Å². The minimum Gasteiger partial charge on any atom is -0.495 e. The highest BCUT2D eigenvalue weighted by Gasteiger charge is 2.35. The molecular formula is C35H38ClN3O5S. The number of anilines is 1. The van der Waals surface area contributed by atoms with Crippen LogP contribution in [0.5, 0.6) is 5.75 Å². The van der Waals surface area contributed by atoms with E-state index < -0.39 is 28.5 Å². The van der Waals surface area contributed by atoms with Crippen molar-refractivity contribution in [3.63, 3.8) is 0 Å². The number of nitrogens with one attached hydrogen (secondary N) is 1. The van der Waals surface area contributed by atoms with Gasteiger partial charge in [0.15, 0.2) is 0 Å². The quantitative estimate of drug-likeness (QED) is 0.157. The molecule has 4 aromatic carbocycles. The van der Waals surface area contributed by atoms with Crippen LogP contribution in [0.1, 0.15) is 30.9 Å². The number of carbonyl (C=O) groups is 2. The molecule has 236 valence electrons. The number of rotatable bonds is 15. The normalized spacial score (nSPS) is 11.8. The van der Waals surface area contributed by atoms with Crippen LogP contribution in [0.2, 0.25) is 5.02 Å². The molecule has 0 fully saturated rings. The number of ether oxygens (including phenoxy) is 1. The van der Waals surface area contributed by atoms with E-state index in [1.54, 1.807) is 60.7 Å². The number of halogens is 1. The lowest BCUT2D eigenvalue weighted by atomic mass is 10.0. The average molecular weight is 648 g/mol. The number of sulfonamides is 1. The first-order chi connectivity index (χ1) is 21.7. The Morgan fingerprint density at radius 2 is 1.51 bits per heavy atom. The van der Waals surface area contributed by atoms with Crippen LogP contribution in [0.4, 0.5) is 5.69 Å². The molecular weight excluding hydrogens is 610 g/mol. The Morgan fingerprint density at radius 3 is 2.18 bits per heavy atom. The van der Waals surface area contributed by atoms with Crippen molar-refractivity contribution in [3.8, 4) is 5.75 Å². The number of unbranched alkanes of at least 4 members (excludes halogenated alkanes) is 1. The maximum atomic E-state index is 14.5.